The second-order valence-corrected chi connectivity index (χ2v) is 25.4. The van der Waals surface area contributed by atoms with Gasteiger partial charge in [-0.15, -0.1) is 5.06 Å². The van der Waals surface area contributed by atoms with Crippen LogP contribution in [0.4, 0.5) is 17.1 Å². The normalized spacial score (nSPS) is 18.2. The summed E-state index contributed by atoms with van der Waals surface area (Å²) in [5, 5.41) is 3.50. The number of nitrogens with zero attached hydrogens (tertiary/aromatic N) is 4. The molecule has 3 aromatic carbocycles. The quantitative estimate of drug-likeness (QED) is 0.0369. The Hall–Kier alpha value is -2.22. The Kier molecular flexibility index (Phi) is 24.6. The molecule has 3 aliphatic heterocycles. The van der Waals surface area contributed by atoms with E-state index in [0.29, 0.717) is 41.6 Å². The Labute approximate surface area is 524 Å². The van der Waals surface area contributed by atoms with Gasteiger partial charge in [0.25, 0.3) is 42.2 Å². The molecule has 3 heterocycles. The molecule has 4 aliphatic rings. The first kappa shape index (κ1) is 67.3. The van der Waals surface area contributed by atoms with Crippen LogP contribution in [0.5, 0.6) is 0 Å². The number of amides is 2. The predicted molar refractivity (Wildman–Crippen MR) is 287 cm³/mol. The van der Waals surface area contributed by atoms with Crippen LogP contribution in [0, 0.1) is 0 Å². The molecule has 400 valence electrons. The van der Waals surface area contributed by atoms with Gasteiger partial charge >= 0.3 is 94.6 Å². The molecule has 0 unspecified atom stereocenters. The molecule has 3 N–H and O–H groups in total. The van der Waals surface area contributed by atoms with Crippen LogP contribution in [-0.4, -0.2) is 115 Å². The molecule has 0 saturated carbocycles. The minimum Gasteiger partial charge on any atom is -0.371 e. The van der Waals surface area contributed by atoms with Crippen molar-refractivity contribution in [1.82, 2.24) is 5.06 Å². The van der Waals surface area contributed by atoms with Crippen molar-refractivity contribution < 1.29 is 151 Å². The molecule has 2 amide bonds. The maximum atomic E-state index is 12.5. The Bertz CT molecular complexity index is 3180. The van der Waals surface area contributed by atoms with Crippen molar-refractivity contribution in [2.24, 2.45) is 0 Å². The molecule has 0 atom stereocenters. The monoisotopic (exact) mass is 1170 g/mol. The maximum Gasteiger partial charge on any atom is 1.00 e. The van der Waals surface area contributed by atoms with Gasteiger partial charge in [-0.2, -0.15) is 29.8 Å². The van der Waals surface area contributed by atoms with E-state index in [0.717, 1.165) is 69.5 Å². The first-order valence-electron chi connectivity index (χ1n) is 25.0. The van der Waals surface area contributed by atoms with Crippen LogP contribution in [0.25, 0.3) is 10.8 Å². The molecular formula is C53H66ClN4Na3O13S3+4. The number of imide groups is 1. The number of halogens is 1. The number of anilines is 2. The van der Waals surface area contributed by atoms with E-state index < -0.39 is 76.2 Å². The summed E-state index contributed by atoms with van der Waals surface area (Å²) in [6.45, 7) is 9.73. The summed E-state index contributed by atoms with van der Waals surface area (Å²) < 4.78 is 101. The van der Waals surface area contributed by atoms with Crippen LogP contribution in [-0.2, 0) is 60.4 Å². The molecule has 0 radical (unpaired) electrons. The standard InChI is InChI=1S/C53H65ClN4O13S3.3Na/c1-52(2)42-36-40(55(29-11-33-72(62,63)64)30-12-34-73(65,66)67)22-24-43(42)56(32-13-35-74(68,69)70)45(52)25-20-38-15-10-16-39(51(38)54)21-26-46-53(3,4)50-41-17-8-7-14-37(41)19-23-44(50)57(46)31-9-5-6-18-49(61)71-58-47(59)27-28-48(58)60;;;/h7-8,14,17,19-26,36H,5-6,9-13,15-16,18,27-35H2,1-4H3,(H2-,62,63,64,65,66,67,68,69,70);;;/q;3*+1/p+1. The summed E-state index contributed by atoms with van der Waals surface area (Å²) in [5.41, 5.74) is 7.32. The number of allylic oxidation sites excluding steroid dienone is 8. The Morgan fingerprint density at radius 3 is 2.00 bits per heavy atom. The zero-order valence-electron chi connectivity index (χ0n) is 45.3. The average Bonchev–Trinajstić information content (AvgIpc) is 3.83. The number of fused-ring (bicyclic) bond motifs is 4. The second kappa shape index (κ2) is 28.2. The van der Waals surface area contributed by atoms with Crippen molar-refractivity contribution in [2.75, 3.05) is 53.2 Å². The molecule has 0 aromatic heterocycles. The fourth-order valence-corrected chi connectivity index (χ4v) is 12.4. The van der Waals surface area contributed by atoms with Gasteiger partial charge in [0.15, 0.2) is 5.71 Å². The summed E-state index contributed by atoms with van der Waals surface area (Å²) in [7, 11) is -12.8. The SMILES string of the molecule is CC1(C)C(/C=C/C2=C(Cl)C(=C/C=C3/N(CCCS(=O)(=O)O)c4ccc(N(CCCS(=O)(=O)O)CCCS(=O)(=O)O)cc4C3(C)C)/CCC2)=[N+](CCCCCC(=O)ON2C(=O)CCC2=O)c2ccc3ccccc3c21.[Na+].[Na+].[Na+]. The molecule has 3 aromatic rings. The molecule has 1 fully saturated rings. The predicted octanol–water partition coefficient (Wildman–Crippen LogP) is -0.123. The summed E-state index contributed by atoms with van der Waals surface area (Å²) in [5.74, 6) is -3.09. The van der Waals surface area contributed by atoms with Gasteiger partial charge in [-0.3, -0.25) is 23.2 Å². The van der Waals surface area contributed by atoms with Gasteiger partial charge < -0.3 is 14.6 Å². The van der Waals surface area contributed by atoms with E-state index in [-0.39, 0.29) is 147 Å². The van der Waals surface area contributed by atoms with E-state index >= 15 is 0 Å². The van der Waals surface area contributed by atoms with Crippen LogP contribution < -0.4 is 98.5 Å². The van der Waals surface area contributed by atoms with E-state index in [1.807, 2.05) is 61.2 Å². The van der Waals surface area contributed by atoms with E-state index in [2.05, 4.69) is 54.8 Å². The minimum absolute atomic E-state index is 0. The molecular weight excluding hydrogens is 1100 g/mol. The third kappa shape index (κ3) is 17.2. The van der Waals surface area contributed by atoms with Crippen LogP contribution in [0.3, 0.4) is 0 Å². The Morgan fingerprint density at radius 2 is 1.36 bits per heavy atom. The summed E-state index contributed by atoms with van der Waals surface area (Å²) in [4.78, 5) is 45.3. The summed E-state index contributed by atoms with van der Waals surface area (Å²) in [6.07, 6.45) is 12.9. The molecule has 24 heteroatoms. The summed E-state index contributed by atoms with van der Waals surface area (Å²) >= 11 is 7.34. The molecule has 17 nitrogen and oxygen atoms in total. The van der Waals surface area contributed by atoms with Gasteiger partial charge in [-0.05, 0) is 123 Å². The van der Waals surface area contributed by atoms with Gasteiger partial charge in [0.1, 0.15) is 6.54 Å². The van der Waals surface area contributed by atoms with Crippen LogP contribution in [0.2, 0.25) is 0 Å². The Morgan fingerprint density at radius 1 is 0.740 bits per heavy atom. The van der Waals surface area contributed by atoms with Crippen molar-refractivity contribution in [2.45, 2.75) is 116 Å². The van der Waals surface area contributed by atoms with Gasteiger partial charge in [0, 0.05) is 90.5 Å². The summed E-state index contributed by atoms with van der Waals surface area (Å²) in [6, 6.07) is 18.2. The largest absolute Gasteiger partial charge is 1.00 e. The first-order chi connectivity index (χ1) is 34.7. The van der Waals surface area contributed by atoms with E-state index in [4.69, 9.17) is 16.4 Å². The number of carbonyl (C=O) groups is 3. The molecule has 1 saturated heterocycles. The molecule has 77 heavy (non-hydrogen) atoms. The van der Waals surface area contributed by atoms with Crippen LogP contribution in [0.15, 0.2) is 101 Å². The van der Waals surface area contributed by atoms with Crippen molar-refractivity contribution >= 4 is 93.3 Å². The van der Waals surface area contributed by atoms with Gasteiger partial charge in [0.05, 0.1) is 22.7 Å². The number of benzene rings is 3. The van der Waals surface area contributed by atoms with Gasteiger partial charge in [-0.1, -0.05) is 61.9 Å². The third-order valence-corrected chi connectivity index (χ3v) is 17.1. The molecule has 0 spiro atoms. The fourth-order valence-electron chi connectivity index (χ4n) is 10.6. The third-order valence-electron chi connectivity index (χ3n) is 14.2. The Balaban J connectivity index is 0.00000427. The molecule has 7 rings (SSSR count). The van der Waals surface area contributed by atoms with Gasteiger partial charge in [-0.25, -0.2) is 4.79 Å². The van der Waals surface area contributed by atoms with E-state index in [1.54, 1.807) is 4.90 Å². The fraction of sp³-hybridized carbons (Fsp3) is 0.472. The first-order valence-corrected chi connectivity index (χ1v) is 30.2. The number of hydrogen-bond donors (Lipinski definition) is 3. The smallest absolute Gasteiger partial charge is 0.371 e. The molecule has 1 aliphatic carbocycles. The van der Waals surface area contributed by atoms with Crippen LogP contribution >= 0.6 is 11.6 Å². The number of carbonyl (C=O) groups excluding carboxylic acids is 3. The molecule has 0 bridgehead atoms. The van der Waals surface area contributed by atoms with Crippen LogP contribution in [0.1, 0.15) is 116 Å². The zero-order valence-corrected chi connectivity index (χ0v) is 54.5. The average molecular weight is 1170 g/mol. The number of rotatable bonds is 23. The number of unbranched alkanes of at least 4 members (excludes halogenated alkanes) is 2. The van der Waals surface area contributed by atoms with E-state index in [1.165, 1.54) is 5.56 Å². The second-order valence-electron chi connectivity index (χ2n) is 20.4. The van der Waals surface area contributed by atoms with E-state index in [9.17, 15) is 53.3 Å². The number of hydrogen-bond acceptors (Lipinski definition) is 12. The van der Waals surface area contributed by atoms with Crippen molar-refractivity contribution in [3.05, 3.63) is 112 Å². The van der Waals surface area contributed by atoms with Gasteiger partial charge in [0.2, 0.25) is 5.69 Å². The van der Waals surface area contributed by atoms with Crippen molar-refractivity contribution in [3.63, 3.8) is 0 Å². The minimum atomic E-state index is -4.26. The zero-order chi connectivity index (χ0) is 53.8. The van der Waals surface area contributed by atoms with Crippen molar-refractivity contribution in [1.29, 1.82) is 0 Å². The van der Waals surface area contributed by atoms with Crippen molar-refractivity contribution in [3.8, 4) is 0 Å². The maximum absolute atomic E-state index is 12.5. The topological polar surface area (TPSA) is 236 Å². The number of hydroxylamine groups is 2.